The van der Waals surface area contributed by atoms with Crippen LogP contribution in [0.2, 0.25) is 0 Å². The van der Waals surface area contributed by atoms with Crippen LogP contribution in [-0.4, -0.2) is 13.1 Å². The fourth-order valence-corrected chi connectivity index (χ4v) is 10.7. The Balaban J connectivity index is 1.23. The highest BCUT2D eigenvalue weighted by Gasteiger charge is 2.35. The van der Waals surface area contributed by atoms with Crippen molar-refractivity contribution in [2.24, 2.45) is 0 Å². The van der Waals surface area contributed by atoms with Gasteiger partial charge in [-0.3, -0.25) is 0 Å². The first-order chi connectivity index (χ1) is 27.8. The molecule has 0 amide bonds. The van der Waals surface area contributed by atoms with Gasteiger partial charge in [0.2, 0.25) is 0 Å². The normalized spacial score (nSPS) is 15.4. The van der Waals surface area contributed by atoms with Gasteiger partial charge in [0, 0.05) is 41.3 Å². The Morgan fingerprint density at radius 2 is 0.965 bits per heavy atom. The Hall–Kier alpha value is -6.12. The number of hydrogen-bond acceptors (Lipinski definition) is 2. The maximum atomic E-state index is 2.56. The van der Waals surface area contributed by atoms with Gasteiger partial charge in [-0.15, -0.1) is 0 Å². The van der Waals surface area contributed by atoms with Gasteiger partial charge in [0.15, 0.2) is 0 Å². The van der Waals surface area contributed by atoms with E-state index in [0.717, 1.165) is 38.8 Å². The van der Waals surface area contributed by atoms with Gasteiger partial charge in [-0.05, 0) is 159 Å². The van der Waals surface area contributed by atoms with Crippen LogP contribution in [0, 0.1) is 13.8 Å². The summed E-state index contributed by atoms with van der Waals surface area (Å²) in [5.74, 6) is 0. The van der Waals surface area contributed by atoms with Crippen molar-refractivity contribution < 1.29 is 0 Å². The molecule has 2 aliphatic heterocycles. The summed E-state index contributed by atoms with van der Waals surface area (Å²) in [5, 5.41) is 5.22. The van der Waals surface area contributed by atoms with Crippen LogP contribution in [0.15, 0.2) is 146 Å². The van der Waals surface area contributed by atoms with E-state index < -0.39 is 0 Å². The molecule has 0 unspecified atom stereocenters. The number of nitrogens with zero attached hydrogens (tertiary/aromatic N) is 2. The maximum Gasteiger partial charge on any atom is 0.0443 e. The summed E-state index contributed by atoms with van der Waals surface area (Å²) in [5.41, 5.74) is 21.3. The largest absolute Gasteiger partial charge is 0.341 e. The van der Waals surface area contributed by atoms with Crippen LogP contribution in [0.25, 0.3) is 54.9 Å². The van der Waals surface area contributed by atoms with Gasteiger partial charge in [-0.2, -0.15) is 0 Å². The van der Waals surface area contributed by atoms with Gasteiger partial charge in [-0.1, -0.05) is 128 Å². The molecular weight excluding hydrogens is 689 g/mol. The van der Waals surface area contributed by atoms with Gasteiger partial charge >= 0.3 is 0 Å². The van der Waals surface area contributed by atoms with E-state index in [0.29, 0.717) is 0 Å². The number of rotatable bonds is 4. The van der Waals surface area contributed by atoms with E-state index in [4.69, 9.17) is 0 Å². The van der Waals surface area contributed by atoms with Gasteiger partial charge in [0.25, 0.3) is 0 Å². The molecule has 3 aliphatic rings. The first-order valence-electron chi connectivity index (χ1n) is 20.9. The van der Waals surface area contributed by atoms with E-state index in [1.165, 1.54) is 111 Å². The average molecular weight is 737 g/mol. The fourth-order valence-electron chi connectivity index (χ4n) is 10.7. The minimum Gasteiger partial charge on any atom is -0.341 e. The zero-order valence-corrected chi connectivity index (χ0v) is 33.5. The summed E-state index contributed by atoms with van der Waals surface area (Å²) in [6.07, 6.45) is 4.56. The lowest BCUT2D eigenvalue weighted by atomic mass is 9.80. The SMILES string of the molecule is Cc1cc(C)cc(-c2c3ccc(N4CCCc5ccccc54)cc3c(-c3ccc4c(c3)C(C)(C)c3ccccc3-4)c3ccc(N4CCCc5ccccc54)cc23)c1. The number of anilines is 4. The molecule has 1 aliphatic carbocycles. The third kappa shape index (κ3) is 5.37. The lowest BCUT2D eigenvalue weighted by Gasteiger charge is -2.32. The van der Waals surface area contributed by atoms with Crippen LogP contribution in [0.4, 0.5) is 22.7 Å². The van der Waals surface area contributed by atoms with E-state index in [-0.39, 0.29) is 5.41 Å². The Bertz CT molecular complexity index is 2910. The molecule has 8 aromatic rings. The van der Waals surface area contributed by atoms with Crippen LogP contribution < -0.4 is 9.80 Å². The zero-order valence-electron chi connectivity index (χ0n) is 33.5. The topological polar surface area (TPSA) is 6.48 Å². The van der Waals surface area contributed by atoms with Gasteiger partial charge in [0.1, 0.15) is 0 Å². The molecule has 0 fully saturated rings. The number of aryl methyl sites for hydroxylation is 4. The molecule has 8 aromatic carbocycles. The molecule has 0 radical (unpaired) electrons. The molecule has 0 aromatic heterocycles. The minimum atomic E-state index is -0.0932. The standard InChI is InChI=1S/C55H48N2/c1-35-29-36(2)31-40(30-35)54-46-26-23-41(56-27-11-15-37-13-5-9-19-51(37)56)33-47(46)53(39-21-24-44-43-17-7-8-18-49(43)55(3,4)50(44)32-39)45-25-22-42(34-48(45)54)57-28-12-16-38-14-6-10-20-52(38)57/h5-10,13-14,17-26,29-34H,11-12,15-16,27-28H2,1-4H3. The van der Waals surface area contributed by atoms with Gasteiger partial charge in [0.05, 0.1) is 0 Å². The zero-order chi connectivity index (χ0) is 38.4. The van der Waals surface area contributed by atoms with Gasteiger partial charge in [-0.25, -0.2) is 0 Å². The van der Waals surface area contributed by atoms with Crippen molar-refractivity contribution >= 4 is 44.3 Å². The maximum absolute atomic E-state index is 2.56. The Kier molecular flexibility index (Phi) is 7.77. The highest BCUT2D eigenvalue weighted by atomic mass is 15.1. The summed E-state index contributed by atoms with van der Waals surface area (Å²) >= 11 is 0. The predicted octanol–water partition coefficient (Wildman–Crippen LogP) is 14.4. The summed E-state index contributed by atoms with van der Waals surface area (Å²) < 4.78 is 0. The Morgan fingerprint density at radius 3 is 1.58 bits per heavy atom. The van der Waals surface area contributed by atoms with Gasteiger partial charge < -0.3 is 9.80 Å². The number of fused-ring (bicyclic) bond motifs is 7. The molecule has 0 atom stereocenters. The first kappa shape index (κ1) is 34.2. The van der Waals surface area contributed by atoms with Crippen LogP contribution >= 0.6 is 0 Å². The summed E-state index contributed by atoms with van der Waals surface area (Å²) in [7, 11) is 0. The molecule has 278 valence electrons. The molecule has 0 spiro atoms. The summed E-state index contributed by atoms with van der Waals surface area (Å²) in [6.45, 7) is 11.3. The van der Waals surface area contributed by atoms with Crippen molar-refractivity contribution in [3.63, 3.8) is 0 Å². The number of para-hydroxylation sites is 2. The summed E-state index contributed by atoms with van der Waals surface area (Å²) in [4.78, 5) is 5.11. The molecule has 0 N–H and O–H groups in total. The summed E-state index contributed by atoms with van der Waals surface area (Å²) in [6, 6.07) is 56.1. The second-order valence-corrected chi connectivity index (χ2v) is 17.3. The van der Waals surface area contributed by atoms with E-state index in [1.54, 1.807) is 0 Å². The van der Waals surface area contributed by atoms with E-state index in [1.807, 2.05) is 0 Å². The quantitative estimate of drug-likeness (QED) is 0.166. The predicted molar refractivity (Wildman–Crippen MR) is 243 cm³/mol. The van der Waals surface area contributed by atoms with E-state index in [9.17, 15) is 0 Å². The van der Waals surface area contributed by atoms with E-state index in [2.05, 4.69) is 183 Å². The van der Waals surface area contributed by atoms with Crippen molar-refractivity contribution in [1.29, 1.82) is 0 Å². The van der Waals surface area contributed by atoms with Crippen LogP contribution in [0.3, 0.4) is 0 Å². The molecule has 2 heterocycles. The van der Waals surface area contributed by atoms with Crippen molar-refractivity contribution in [2.75, 3.05) is 22.9 Å². The van der Waals surface area contributed by atoms with Crippen LogP contribution in [0.1, 0.15) is 60.1 Å². The lowest BCUT2D eigenvalue weighted by Crippen LogP contribution is -2.24. The average Bonchev–Trinajstić information content (AvgIpc) is 3.46. The third-order valence-electron chi connectivity index (χ3n) is 13.3. The molecule has 0 saturated carbocycles. The second kappa shape index (κ2) is 13.0. The molecule has 2 nitrogen and oxygen atoms in total. The third-order valence-corrected chi connectivity index (χ3v) is 13.3. The number of benzene rings is 8. The van der Waals surface area contributed by atoms with Crippen LogP contribution in [0.5, 0.6) is 0 Å². The Labute approximate surface area is 337 Å². The molecule has 11 rings (SSSR count). The highest BCUT2D eigenvalue weighted by Crippen LogP contribution is 2.52. The molecule has 57 heavy (non-hydrogen) atoms. The Morgan fingerprint density at radius 1 is 0.439 bits per heavy atom. The lowest BCUT2D eigenvalue weighted by molar-refractivity contribution is 0.660. The smallest absolute Gasteiger partial charge is 0.0443 e. The molecule has 0 bridgehead atoms. The van der Waals surface area contributed by atoms with Crippen molar-refractivity contribution in [3.8, 4) is 33.4 Å². The van der Waals surface area contributed by atoms with Crippen molar-refractivity contribution in [3.05, 3.63) is 179 Å². The monoisotopic (exact) mass is 736 g/mol. The second-order valence-electron chi connectivity index (χ2n) is 17.3. The molecular formula is C55H48N2. The fraction of sp³-hybridized carbons (Fsp3) is 0.200. The van der Waals surface area contributed by atoms with Crippen molar-refractivity contribution in [2.45, 2.75) is 58.8 Å². The van der Waals surface area contributed by atoms with Crippen molar-refractivity contribution in [1.82, 2.24) is 0 Å². The highest BCUT2D eigenvalue weighted by molar-refractivity contribution is 6.22. The minimum absolute atomic E-state index is 0.0932. The number of hydrogen-bond donors (Lipinski definition) is 0. The van der Waals surface area contributed by atoms with Crippen LogP contribution in [-0.2, 0) is 18.3 Å². The molecule has 0 saturated heterocycles. The molecule has 2 heteroatoms. The first-order valence-corrected chi connectivity index (χ1v) is 20.9. The van der Waals surface area contributed by atoms with E-state index >= 15 is 0 Å².